The van der Waals surface area contributed by atoms with Crippen molar-refractivity contribution in [3.8, 4) is 0 Å². The quantitative estimate of drug-likeness (QED) is 0.882. The Bertz CT molecular complexity index is 596. The molecule has 0 amide bonds. The molecule has 0 saturated heterocycles. The molecule has 0 aliphatic heterocycles. The Morgan fingerprint density at radius 3 is 2.63 bits per heavy atom. The van der Waals surface area contributed by atoms with Gasteiger partial charge in [0.1, 0.15) is 5.69 Å². The molecule has 102 valence electrons. The largest absolute Gasteiger partial charge is 0.433 e. The second-order valence-corrected chi connectivity index (χ2v) is 5.36. The van der Waals surface area contributed by atoms with Crippen LogP contribution in [0.15, 0.2) is 29.2 Å². The number of quaternary nitrogens is 1. The maximum atomic E-state index is 12.8. The number of hydrogen-bond donors (Lipinski definition) is 1. The van der Waals surface area contributed by atoms with Crippen LogP contribution in [-0.4, -0.2) is 17.3 Å². The lowest BCUT2D eigenvalue weighted by atomic mass is 10.1. The molecule has 0 saturated carbocycles. The lowest BCUT2D eigenvalue weighted by Gasteiger charge is -2.11. The van der Waals surface area contributed by atoms with E-state index in [-0.39, 0.29) is 0 Å². The molecule has 0 unspecified atom stereocenters. The van der Waals surface area contributed by atoms with Crippen LogP contribution in [-0.2, 0) is 6.18 Å². The molecular formula is C13H14F3N2S+. The van der Waals surface area contributed by atoms with E-state index in [2.05, 4.69) is 10.7 Å². The summed E-state index contributed by atoms with van der Waals surface area (Å²) in [6.45, 7) is 2.58. The van der Waals surface area contributed by atoms with Crippen molar-refractivity contribution in [2.24, 2.45) is 0 Å². The minimum absolute atomic E-state index is 0.381. The van der Waals surface area contributed by atoms with Gasteiger partial charge in [0.2, 0.25) is 0 Å². The number of halogens is 3. The number of pyridine rings is 1. The van der Waals surface area contributed by atoms with Crippen LogP contribution in [0.1, 0.15) is 11.3 Å². The molecule has 3 N–H and O–H groups in total. The van der Waals surface area contributed by atoms with Gasteiger partial charge in [-0.05, 0) is 25.1 Å². The molecule has 0 aliphatic carbocycles. The first-order valence-corrected chi connectivity index (χ1v) is 6.81. The maximum Gasteiger partial charge on any atom is 0.433 e. The van der Waals surface area contributed by atoms with Crippen molar-refractivity contribution in [2.75, 3.05) is 12.3 Å². The Labute approximate surface area is 113 Å². The molecule has 2 nitrogen and oxygen atoms in total. The Morgan fingerprint density at radius 2 is 2.00 bits per heavy atom. The van der Waals surface area contributed by atoms with Crippen molar-refractivity contribution in [1.82, 2.24) is 4.98 Å². The highest BCUT2D eigenvalue weighted by molar-refractivity contribution is 7.99. The van der Waals surface area contributed by atoms with Gasteiger partial charge in [0.15, 0.2) is 0 Å². The number of fused-ring (bicyclic) bond motifs is 1. The van der Waals surface area contributed by atoms with Crippen molar-refractivity contribution in [2.45, 2.75) is 18.0 Å². The normalized spacial score (nSPS) is 12.1. The number of thioether (sulfide) groups is 1. The molecule has 1 aromatic carbocycles. The van der Waals surface area contributed by atoms with Crippen molar-refractivity contribution in [3.05, 3.63) is 35.5 Å². The van der Waals surface area contributed by atoms with Gasteiger partial charge in [-0.25, -0.2) is 4.98 Å². The van der Waals surface area contributed by atoms with Crippen molar-refractivity contribution in [3.63, 3.8) is 0 Å². The first-order valence-electron chi connectivity index (χ1n) is 5.82. The van der Waals surface area contributed by atoms with Crippen LogP contribution in [0.3, 0.4) is 0 Å². The molecule has 0 bridgehead atoms. The van der Waals surface area contributed by atoms with Crippen LogP contribution in [0.4, 0.5) is 13.2 Å². The predicted octanol–water partition coefficient (Wildman–Crippen LogP) is 2.90. The Balaban J connectivity index is 2.62. The fraction of sp³-hybridized carbons (Fsp3) is 0.308. The summed E-state index contributed by atoms with van der Waals surface area (Å²) in [5.41, 5.74) is 4.26. The topological polar surface area (TPSA) is 40.5 Å². The first kappa shape index (κ1) is 14.1. The molecule has 2 aromatic rings. The SMILES string of the molecule is Cc1ccc2nc(C(F)(F)F)cc(SCC[NH3+])c2c1. The first-order chi connectivity index (χ1) is 8.91. The molecule has 6 heteroatoms. The van der Waals surface area contributed by atoms with Crippen molar-refractivity contribution in [1.29, 1.82) is 0 Å². The Hall–Kier alpha value is -1.27. The van der Waals surface area contributed by atoms with E-state index in [9.17, 15) is 13.2 Å². The average molecular weight is 287 g/mol. The maximum absolute atomic E-state index is 12.8. The Kier molecular flexibility index (Phi) is 4.01. The number of rotatable bonds is 3. The predicted molar refractivity (Wildman–Crippen MR) is 70.0 cm³/mol. The highest BCUT2D eigenvalue weighted by atomic mass is 32.2. The van der Waals surface area contributed by atoms with Crippen LogP contribution >= 0.6 is 11.8 Å². The number of aryl methyl sites for hydroxylation is 1. The molecule has 0 fully saturated rings. The average Bonchev–Trinajstić information content (AvgIpc) is 2.34. The summed E-state index contributed by atoms with van der Waals surface area (Å²) in [6, 6.07) is 6.40. The van der Waals surface area contributed by atoms with Gasteiger partial charge in [0.05, 0.1) is 12.1 Å². The van der Waals surface area contributed by atoms with Gasteiger partial charge in [-0.3, -0.25) is 0 Å². The third kappa shape index (κ3) is 3.19. The fourth-order valence-corrected chi connectivity index (χ4v) is 2.63. The fourth-order valence-electron chi connectivity index (χ4n) is 1.76. The number of hydrogen-bond acceptors (Lipinski definition) is 2. The van der Waals surface area contributed by atoms with E-state index in [1.54, 1.807) is 12.1 Å². The zero-order valence-corrected chi connectivity index (χ0v) is 11.2. The zero-order valence-electron chi connectivity index (χ0n) is 10.4. The van der Waals surface area contributed by atoms with Crippen molar-refractivity contribution >= 4 is 22.7 Å². The van der Waals surface area contributed by atoms with Gasteiger partial charge in [0.25, 0.3) is 0 Å². The summed E-state index contributed by atoms with van der Waals surface area (Å²) in [7, 11) is 0. The number of benzene rings is 1. The lowest BCUT2D eigenvalue weighted by Crippen LogP contribution is -2.51. The summed E-state index contributed by atoms with van der Waals surface area (Å²) in [6.07, 6.45) is -4.42. The van der Waals surface area contributed by atoms with Crippen LogP contribution in [0.5, 0.6) is 0 Å². The molecule has 19 heavy (non-hydrogen) atoms. The second-order valence-electron chi connectivity index (χ2n) is 4.23. The third-order valence-corrected chi connectivity index (χ3v) is 3.76. The molecule has 2 rings (SSSR count). The van der Waals surface area contributed by atoms with Crippen LogP contribution in [0.2, 0.25) is 0 Å². The van der Waals surface area contributed by atoms with Crippen LogP contribution in [0.25, 0.3) is 10.9 Å². The molecule has 1 heterocycles. The molecule has 0 radical (unpaired) electrons. The van der Waals surface area contributed by atoms with Gasteiger partial charge < -0.3 is 5.73 Å². The molecule has 0 aliphatic rings. The van der Waals surface area contributed by atoms with Crippen LogP contribution < -0.4 is 5.73 Å². The van der Waals surface area contributed by atoms with Gasteiger partial charge in [-0.1, -0.05) is 11.6 Å². The second kappa shape index (κ2) is 5.38. The third-order valence-electron chi connectivity index (χ3n) is 2.62. The van der Waals surface area contributed by atoms with Gasteiger partial charge in [0, 0.05) is 16.0 Å². The van der Waals surface area contributed by atoms with Gasteiger partial charge >= 0.3 is 6.18 Å². The molecule has 1 aromatic heterocycles. The summed E-state index contributed by atoms with van der Waals surface area (Å²) in [5, 5.41) is 0.770. The summed E-state index contributed by atoms with van der Waals surface area (Å²) < 4.78 is 38.4. The number of nitrogens with zero attached hydrogens (tertiary/aromatic N) is 1. The minimum Gasteiger partial charge on any atom is -0.357 e. The van der Waals surface area contributed by atoms with Gasteiger partial charge in [-0.15, -0.1) is 11.8 Å². The summed E-state index contributed by atoms with van der Waals surface area (Å²) in [4.78, 5) is 4.32. The molecule has 0 atom stereocenters. The van der Waals surface area contributed by atoms with E-state index in [4.69, 9.17) is 0 Å². The van der Waals surface area contributed by atoms with Crippen LogP contribution in [0, 0.1) is 6.92 Å². The van der Waals surface area contributed by atoms with E-state index in [1.165, 1.54) is 11.8 Å². The molecular weight excluding hydrogens is 273 g/mol. The summed E-state index contributed by atoms with van der Waals surface area (Å²) in [5.74, 6) is 0.685. The Morgan fingerprint density at radius 1 is 1.26 bits per heavy atom. The summed E-state index contributed by atoms with van der Waals surface area (Å²) >= 11 is 1.39. The smallest absolute Gasteiger partial charge is 0.357 e. The van der Waals surface area contributed by atoms with E-state index >= 15 is 0 Å². The van der Waals surface area contributed by atoms with Crippen molar-refractivity contribution < 1.29 is 18.9 Å². The highest BCUT2D eigenvalue weighted by Gasteiger charge is 2.33. The lowest BCUT2D eigenvalue weighted by molar-refractivity contribution is -0.360. The van der Waals surface area contributed by atoms with E-state index < -0.39 is 11.9 Å². The zero-order chi connectivity index (χ0) is 14.0. The number of alkyl halides is 3. The van der Waals surface area contributed by atoms with Gasteiger partial charge in [-0.2, -0.15) is 13.2 Å². The monoisotopic (exact) mass is 287 g/mol. The van der Waals surface area contributed by atoms with E-state index in [0.29, 0.717) is 22.7 Å². The minimum atomic E-state index is -4.42. The number of aromatic nitrogens is 1. The van der Waals surface area contributed by atoms with E-state index in [0.717, 1.165) is 17.0 Å². The molecule has 0 spiro atoms. The standard InChI is InChI=1S/C13H13F3N2S/c1-8-2-3-10-9(6-8)11(19-5-4-17)7-12(18-10)13(14,15)16/h2-3,6-7H,4-5,17H2,1H3/p+1. The highest BCUT2D eigenvalue weighted by Crippen LogP contribution is 2.34. The van der Waals surface area contributed by atoms with E-state index in [1.807, 2.05) is 13.0 Å².